The van der Waals surface area contributed by atoms with E-state index >= 15 is 0 Å². The van der Waals surface area contributed by atoms with Gasteiger partial charge in [0.15, 0.2) is 0 Å². The molecule has 0 saturated heterocycles. The van der Waals surface area contributed by atoms with Crippen LogP contribution in [0.3, 0.4) is 0 Å². The number of aromatic nitrogens is 1. The first-order chi connectivity index (χ1) is 10.1. The van der Waals surface area contributed by atoms with E-state index < -0.39 is 11.9 Å². The molecule has 1 aromatic rings. The lowest BCUT2D eigenvalue weighted by molar-refractivity contribution is -0.141. The van der Waals surface area contributed by atoms with Crippen LogP contribution in [0.2, 0.25) is 0 Å². The maximum Gasteiger partial charge on any atom is 0.317 e. The Hall–Kier alpha value is -2.11. The van der Waals surface area contributed by atoms with Crippen molar-refractivity contribution in [3.05, 3.63) is 30.1 Å². The van der Waals surface area contributed by atoms with Crippen LogP contribution < -0.4 is 5.32 Å². The van der Waals surface area contributed by atoms with Crippen LogP contribution in [-0.4, -0.2) is 40.1 Å². The van der Waals surface area contributed by atoms with Crippen molar-refractivity contribution < 1.29 is 14.7 Å². The largest absolute Gasteiger partial charge is 0.481 e. The van der Waals surface area contributed by atoms with Crippen LogP contribution in [0.15, 0.2) is 24.5 Å². The van der Waals surface area contributed by atoms with Gasteiger partial charge in [-0.2, -0.15) is 0 Å². The second-order valence-corrected chi connectivity index (χ2v) is 4.88. The predicted octanol–water partition coefficient (Wildman–Crippen LogP) is 2.11. The minimum Gasteiger partial charge on any atom is -0.481 e. The number of carboxylic acids is 1. The van der Waals surface area contributed by atoms with Gasteiger partial charge in [0, 0.05) is 32.0 Å². The van der Waals surface area contributed by atoms with Crippen molar-refractivity contribution in [2.75, 3.05) is 13.1 Å². The van der Waals surface area contributed by atoms with Gasteiger partial charge in [-0.25, -0.2) is 4.79 Å². The molecule has 0 saturated carbocycles. The molecule has 0 aliphatic heterocycles. The number of carbonyl (C=O) groups excluding carboxylic acids is 1. The Labute approximate surface area is 125 Å². The zero-order valence-electron chi connectivity index (χ0n) is 12.6. The molecule has 2 N–H and O–H groups in total. The fraction of sp³-hybridized carbons (Fsp3) is 0.533. The van der Waals surface area contributed by atoms with E-state index in [1.165, 1.54) is 0 Å². The third-order valence-electron chi connectivity index (χ3n) is 3.28. The highest BCUT2D eigenvalue weighted by atomic mass is 16.4. The average molecular weight is 293 g/mol. The number of carboxylic acid groups (broad SMARTS) is 1. The number of hydrogen-bond acceptors (Lipinski definition) is 3. The molecule has 0 aliphatic carbocycles. The van der Waals surface area contributed by atoms with Crippen molar-refractivity contribution in [1.29, 1.82) is 0 Å². The first kappa shape index (κ1) is 16.9. The molecular formula is C15H23N3O3. The van der Waals surface area contributed by atoms with Gasteiger partial charge in [0.25, 0.3) is 0 Å². The topological polar surface area (TPSA) is 82.5 Å². The lowest BCUT2D eigenvalue weighted by Gasteiger charge is -2.22. The summed E-state index contributed by atoms with van der Waals surface area (Å²) in [5.41, 5.74) is 0.991. The van der Waals surface area contributed by atoms with Crippen molar-refractivity contribution >= 4 is 12.0 Å². The maximum atomic E-state index is 12.1. The molecule has 1 atom stereocenters. The Kier molecular flexibility index (Phi) is 7.21. The third kappa shape index (κ3) is 5.81. The molecular weight excluding hydrogens is 270 g/mol. The van der Waals surface area contributed by atoms with Crippen LogP contribution in [0.4, 0.5) is 4.79 Å². The molecule has 2 amide bonds. The van der Waals surface area contributed by atoms with Crippen molar-refractivity contribution in [1.82, 2.24) is 15.2 Å². The second-order valence-electron chi connectivity index (χ2n) is 4.88. The summed E-state index contributed by atoms with van der Waals surface area (Å²) in [4.78, 5) is 28.8. The third-order valence-corrected chi connectivity index (χ3v) is 3.28. The second kappa shape index (κ2) is 8.94. The van der Waals surface area contributed by atoms with Gasteiger partial charge in [0.1, 0.15) is 0 Å². The molecule has 0 spiro atoms. The van der Waals surface area contributed by atoms with E-state index in [2.05, 4.69) is 10.3 Å². The Balaban J connectivity index is 2.53. The molecule has 0 aliphatic rings. The first-order valence-electron chi connectivity index (χ1n) is 7.22. The Morgan fingerprint density at radius 1 is 1.33 bits per heavy atom. The maximum absolute atomic E-state index is 12.1. The van der Waals surface area contributed by atoms with E-state index in [1.807, 2.05) is 26.0 Å². The summed E-state index contributed by atoms with van der Waals surface area (Å²) in [7, 11) is 0. The zero-order chi connectivity index (χ0) is 15.7. The molecule has 0 fully saturated rings. The van der Waals surface area contributed by atoms with E-state index in [1.54, 1.807) is 17.3 Å². The lowest BCUT2D eigenvalue weighted by Crippen LogP contribution is -2.42. The van der Waals surface area contributed by atoms with E-state index in [0.29, 0.717) is 19.5 Å². The monoisotopic (exact) mass is 293 g/mol. The van der Waals surface area contributed by atoms with Crippen LogP contribution in [0, 0.1) is 5.92 Å². The van der Waals surface area contributed by atoms with Gasteiger partial charge < -0.3 is 15.3 Å². The fourth-order valence-electron chi connectivity index (χ4n) is 2.02. The molecule has 0 aromatic carbocycles. The molecule has 21 heavy (non-hydrogen) atoms. The van der Waals surface area contributed by atoms with Crippen LogP contribution in [0.5, 0.6) is 0 Å². The van der Waals surface area contributed by atoms with Crippen LogP contribution >= 0.6 is 0 Å². The van der Waals surface area contributed by atoms with Gasteiger partial charge in [-0.05, 0) is 31.0 Å². The number of rotatable bonds is 8. The quantitative estimate of drug-likeness (QED) is 0.769. The first-order valence-corrected chi connectivity index (χ1v) is 7.22. The number of carbonyl (C=O) groups is 2. The van der Waals surface area contributed by atoms with Gasteiger partial charge in [0.05, 0.1) is 5.92 Å². The smallest absolute Gasteiger partial charge is 0.317 e. The van der Waals surface area contributed by atoms with E-state index in [-0.39, 0.29) is 12.6 Å². The molecule has 0 radical (unpaired) electrons. The molecule has 1 unspecified atom stereocenters. The van der Waals surface area contributed by atoms with Crippen LogP contribution in [-0.2, 0) is 11.3 Å². The number of nitrogens with zero attached hydrogens (tertiary/aromatic N) is 2. The van der Waals surface area contributed by atoms with Crippen LogP contribution in [0.25, 0.3) is 0 Å². The number of urea groups is 1. The molecule has 6 heteroatoms. The number of hydrogen-bond donors (Lipinski definition) is 2. The van der Waals surface area contributed by atoms with Crippen molar-refractivity contribution in [2.45, 2.75) is 33.2 Å². The van der Waals surface area contributed by atoms with Gasteiger partial charge >= 0.3 is 12.0 Å². The molecule has 116 valence electrons. The summed E-state index contributed by atoms with van der Waals surface area (Å²) in [6, 6.07) is 3.47. The van der Waals surface area contributed by atoms with Crippen molar-refractivity contribution in [2.24, 2.45) is 5.92 Å². The van der Waals surface area contributed by atoms with Crippen LogP contribution in [0.1, 0.15) is 32.3 Å². The summed E-state index contributed by atoms with van der Waals surface area (Å²) in [6.07, 6.45) is 4.71. The molecule has 6 nitrogen and oxygen atoms in total. The molecule has 0 bridgehead atoms. The lowest BCUT2D eigenvalue weighted by atomic mass is 10.0. The Morgan fingerprint density at radius 3 is 2.52 bits per heavy atom. The standard InChI is InChI=1S/C15H23N3O3/c1-3-5-13(14(19)20)10-17-15(21)18(4-2)11-12-6-8-16-9-7-12/h6-9,13H,3-5,10-11H2,1-2H3,(H,17,21)(H,19,20). The molecule has 1 aromatic heterocycles. The fourth-order valence-corrected chi connectivity index (χ4v) is 2.02. The van der Waals surface area contributed by atoms with Crippen molar-refractivity contribution in [3.8, 4) is 0 Å². The normalized spacial score (nSPS) is 11.7. The highest BCUT2D eigenvalue weighted by Crippen LogP contribution is 2.07. The van der Waals surface area contributed by atoms with Gasteiger partial charge in [-0.15, -0.1) is 0 Å². The summed E-state index contributed by atoms with van der Waals surface area (Å²) < 4.78 is 0. The van der Waals surface area contributed by atoms with E-state index in [0.717, 1.165) is 12.0 Å². The minimum atomic E-state index is -0.866. The Bertz CT molecular complexity index is 451. The average Bonchev–Trinajstić information content (AvgIpc) is 2.49. The van der Waals surface area contributed by atoms with Gasteiger partial charge in [-0.1, -0.05) is 13.3 Å². The SMILES string of the molecule is CCCC(CNC(=O)N(CC)Cc1ccncc1)C(=O)O. The highest BCUT2D eigenvalue weighted by Gasteiger charge is 2.19. The number of aliphatic carboxylic acids is 1. The summed E-state index contributed by atoms with van der Waals surface area (Å²) >= 11 is 0. The van der Waals surface area contributed by atoms with Gasteiger partial charge in [0.2, 0.25) is 0 Å². The highest BCUT2D eigenvalue weighted by molar-refractivity contribution is 5.76. The Morgan fingerprint density at radius 2 is 2.00 bits per heavy atom. The predicted molar refractivity (Wildman–Crippen MR) is 79.8 cm³/mol. The minimum absolute atomic E-state index is 0.162. The number of pyridine rings is 1. The van der Waals surface area contributed by atoms with Gasteiger partial charge in [-0.3, -0.25) is 9.78 Å². The zero-order valence-corrected chi connectivity index (χ0v) is 12.6. The number of amides is 2. The summed E-state index contributed by atoms with van der Waals surface area (Å²) in [5, 5.41) is 11.8. The summed E-state index contributed by atoms with van der Waals surface area (Å²) in [6.45, 7) is 5.02. The molecule has 1 rings (SSSR count). The van der Waals surface area contributed by atoms with Crippen molar-refractivity contribution in [3.63, 3.8) is 0 Å². The molecule has 1 heterocycles. The number of nitrogens with one attached hydrogen (secondary N) is 1. The summed E-state index contributed by atoms with van der Waals surface area (Å²) in [5.74, 6) is -1.40. The van der Waals surface area contributed by atoms with E-state index in [4.69, 9.17) is 5.11 Å². The van der Waals surface area contributed by atoms with E-state index in [9.17, 15) is 9.59 Å².